The second-order valence-electron chi connectivity index (χ2n) is 7.98. The Kier molecular flexibility index (Phi) is 7.18. The van der Waals surface area contributed by atoms with E-state index in [4.69, 9.17) is 10.1 Å². The number of thiazole rings is 1. The maximum Gasteiger partial charge on any atom is 0.274 e. The lowest BCUT2D eigenvalue weighted by atomic mass is 9.90. The van der Waals surface area contributed by atoms with Crippen molar-refractivity contribution < 1.29 is 15.0 Å². The Morgan fingerprint density at radius 1 is 1.17 bits per heavy atom. The van der Waals surface area contributed by atoms with Gasteiger partial charge in [0.05, 0.1) is 20.8 Å². The fourth-order valence-electron chi connectivity index (χ4n) is 3.81. The number of aliphatic hydroxyl groups excluding tert-OH is 1. The molecule has 6 nitrogen and oxygen atoms in total. The second-order valence-corrected chi connectivity index (χ2v) is 9.04. The summed E-state index contributed by atoms with van der Waals surface area (Å²) in [6.07, 6.45) is 7.83. The molecular weight excluding hydrogens is 398 g/mol. The highest BCUT2D eigenvalue weighted by molar-refractivity contribution is 7.18. The van der Waals surface area contributed by atoms with Crippen molar-refractivity contribution >= 4 is 33.1 Å². The molecule has 1 aliphatic carbocycles. The molecule has 4 rings (SSSR count). The van der Waals surface area contributed by atoms with Crippen molar-refractivity contribution in [2.75, 3.05) is 12.4 Å². The molecule has 1 amide bonds. The molecule has 0 saturated heterocycles. The average molecular weight is 428 g/mol. The summed E-state index contributed by atoms with van der Waals surface area (Å²) in [6.45, 7) is 3.44. The monoisotopic (exact) mass is 427 g/mol. The van der Waals surface area contributed by atoms with Gasteiger partial charge in [-0.05, 0) is 51.0 Å². The van der Waals surface area contributed by atoms with Gasteiger partial charge in [-0.25, -0.2) is 4.98 Å². The van der Waals surface area contributed by atoms with Crippen LogP contribution in [0.1, 0.15) is 72.9 Å². The number of carbonyl (C=O) groups is 1. The Bertz CT molecular complexity index is 990. The molecule has 0 radical (unpaired) electrons. The van der Waals surface area contributed by atoms with Crippen LogP contribution in [0.5, 0.6) is 0 Å². The number of pyridine rings is 1. The predicted molar refractivity (Wildman–Crippen MR) is 121 cm³/mol. The molecule has 3 aromatic rings. The van der Waals surface area contributed by atoms with Crippen LogP contribution < -0.4 is 5.32 Å². The smallest absolute Gasteiger partial charge is 0.274 e. The number of fused-ring (bicyclic) bond motifs is 1. The van der Waals surface area contributed by atoms with Crippen molar-refractivity contribution in [2.24, 2.45) is 0 Å². The maximum atomic E-state index is 12.6. The Morgan fingerprint density at radius 3 is 2.53 bits per heavy atom. The molecule has 1 saturated carbocycles. The second kappa shape index (κ2) is 9.64. The molecule has 0 aliphatic heterocycles. The molecule has 160 valence electrons. The van der Waals surface area contributed by atoms with Gasteiger partial charge in [-0.2, -0.15) is 0 Å². The highest BCUT2D eigenvalue weighted by Crippen LogP contribution is 2.39. The van der Waals surface area contributed by atoms with Crippen molar-refractivity contribution in [1.82, 2.24) is 9.97 Å². The molecule has 2 heterocycles. The largest absolute Gasteiger partial charge is 0.400 e. The number of nitrogens with zero attached hydrogens (tertiary/aromatic N) is 2. The fraction of sp³-hybridized carbons (Fsp3) is 0.435. The van der Waals surface area contributed by atoms with Crippen LogP contribution in [-0.4, -0.2) is 33.2 Å². The third-order valence-corrected chi connectivity index (χ3v) is 6.48. The van der Waals surface area contributed by atoms with Gasteiger partial charge in [0.2, 0.25) is 0 Å². The molecular formula is C23H29N3O3S. The molecule has 0 atom stereocenters. The van der Waals surface area contributed by atoms with E-state index in [1.807, 2.05) is 12.1 Å². The molecule has 2 aromatic heterocycles. The van der Waals surface area contributed by atoms with E-state index in [9.17, 15) is 9.90 Å². The fourth-order valence-corrected chi connectivity index (χ4v) is 4.97. The molecule has 0 bridgehead atoms. The van der Waals surface area contributed by atoms with Crippen LogP contribution in [0.3, 0.4) is 0 Å². The van der Waals surface area contributed by atoms with Gasteiger partial charge in [0.15, 0.2) is 0 Å². The van der Waals surface area contributed by atoms with Crippen LogP contribution in [0.4, 0.5) is 5.69 Å². The van der Waals surface area contributed by atoms with E-state index >= 15 is 0 Å². The number of nitrogens with one attached hydrogen (secondary N) is 1. The minimum atomic E-state index is -1.10. The molecule has 1 fully saturated rings. The number of aliphatic hydroxyl groups is 2. The lowest BCUT2D eigenvalue weighted by Gasteiger charge is -2.22. The summed E-state index contributed by atoms with van der Waals surface area (Å²) >= 11 is 1.70. The van der Waals surface area contributed by atoms with Crippen LogP contribution >= 0.6 is 11.3 Å². The van der Waals surface area contributed by atoms with E-state index in [1.165, 1.54) is 37.1 Å². The third kappa shape index (κ3) is 5.03. The van der Waals surface area contributed by atoms with Crippen molar-refractivity contribution in [2.45, 2.75) is 57.5 Å². The lowest BCUT2D eigenvalue weighted by molar-refractivity contribution is 0.0794. The Balaban J connectivity index is 0.00000124. The molecule has 7 heteroatoms. The van der Waals surface area contributed by atoms with Crippen LogP contribution in [0.15, 0.2) is 36.5 Å². The number of aromatic nitrogens is 2. The number of hydrogen-bond donors (Lipinski definition) is 3. The topological polar surface area (TPSA) is 95.3 Å². The van der Waals surface area contributed by atoms with Crippen molar-refractivity contribution in [3.63, 3.8) is 0 Å². The molecule has 0 unspecified atom stereocenters. The zero-order valence-electron chi connectivity index (χ0n) is 17.7. The lowest BCUT2D eigenvalue weighted by Crippen LogP contribution is -2.21. The summed E-state index contributed by atoms with van der Waals surface area (Å²) in [5.74, 6) is 0.241. The molecule has 1 aliphatic rings. The highest BCUT2D eigenvalue weighted by Gasteiger charge is 2.25. The maximum absolute atomic E-state index is 12.6. The summed E-state index contributed by atoms with van der Waals surface area (Å²) < 4.78 is 1.03. The van der Waals surface area contributed by atoms with E-state index in [1.54, 1.807) is 49.6 Å². The van der Waals surface area contributed by atoms with Gasteiger partial charge < -0.3 is 15.5 Å². The average Bonchev–Trinajstić information content (AvgIpc) is 3.18. The van der Waals surface area contributed by atoms with E-state index in [0.717, 1.165) is 17.3 Å². The summed E-state index contributed by atoms with van der Waals surface area (Å²) in [5, 5.41) is 21.8. The van der Waals surface area contributed by atoms with E-state index in [0.29, 0.717) is 22.9 Å². The number of hydrogen-bond acceptors (Lipinski definition) is 6. The SMILES string of the molecule is CC(C)(O)c1cc2nc(C3CCCCC3)sc2cc1NC(=O)c1ccccn1.CO. The van der Waals surface area contributed by atoms with Gasteiger partial charge in [-0.3, -0.25) is 9.78 Å². The summed E-state index contributed by atoms with van der Waals surface area (Å²) in [7, 11) is 1.00. The zero-order chi connectivity index (χ0) is 21.7. The number of anilines is 1. The van der Waals surface area contributed by atoms with Gasteiger partial charge in [0, 0.05) is 30.5 Å². The number of carbonyl (C=O) groups excluding carboxylic acids is 1. The number of rotatable bonds is 4. The Hall–Kier alpha value is -2.35. The molecule has 1 aromatic carbocycles. The van der Waals surface area contributed by atoms with E-state index < -0.39 is 5.60 Å². The first-order valence-electron chi connectivity index (χ1n) is 10.3. The molecule has 0 spiro atoms. The highest BCUT2D eigenvalue weighted by atomic mass is 32.1. The first kappa shape index (κ1) is 22.3. The van der Waals surface area contributed by atoms with Crippen molar-refractivity contribution in [3.05, 3.63) is 52.8 Å². The van der Waals surface area contributed by atoms with E-state index in [-0.39, 0.29) is 5.91 Å². The standard InChI is InChI=1S/C22H25N3O2S.CH4O/c1-22(2,27)15-12-18-19(28-21(25-18)14-8-4-3-5-9-14)13-17(15)24-20(26)16-10-6-7-11-23-16;1-2/h6-7,10-14,27H,3-5,8-9H2,1-2H3,(H,24,26);2H,1H3. The molecule has 3 N–H and O–H groups in total. The van der Waals surface area contributed by atoms with Crippen LogP contribution in [0.25, 0.3) is 10.2 Å². The van der Waals surface area contributed by atoms with Gasteiger partial charge in [-0.1, -0.05) is 25.3 Å². The van der Waals surface area contributed by atoms with Gasteiger partial charge in [0.25, 0.3) is 5.91 Å². The summed E-state index contributed by atoms with van der Waals surface area (Å²) in [4.78, 5) is 21.6. The van der Waals surface area contributed by atoms with Crippen molar-refractivity contribution in [3.8, 4) is 0 Å². The minimum absolute atomic E-state index is 0.289. The first-order chi connectivity index (χ1) is 14.4. The third-order valence-electron chi connectivity index (χ3n) is 5.30. The predicted octanol–water partition coefficient (Wildman–Crippen LogP) is 4.83. The molecule has 30 heavy (non-hydrogen) atoms. The Morgan fingerprint density at radius 2 is 1.90 bits per heavy atom. The van der Waals surface area contributed by atoms with Gasteiger partial charge >= 0.3 is 0 Å². The van der Waals surface area contributed by atoms with Crippen LogP contribution in [-0.2, 0) is 5.60 Å². The quantitative estimate of drug-likeness (QED) is 0.554. The summed E-state index contributed by atoms with van der Waals surface area (Å²) in [6, 6.07) is 9.07. The Labute approximate surface area is 181 Å². The number of amides is 1. The van der Waals surface area contributed by atoms with E-state index in [2.05, 4.69) is 10.3 Å². The normalized spacial score (nSPS) is 14.8. The van der Waals surface area contributed by atoms with Gasteiger partial charge in [0.1, 0.15) is 5.69 Å². The van der Waals surface area contributed by atoms with Gasteiger partial charge in [-0.15, -0.1) is 11.3 Å². The zero-order valence-corrected chi connectivity index (χ0v) is 18.5. The summed E-state index contributed by atoms with van der Waals surface area (Å²) in [5.41, 5.74) is 1.39. The number of benzene rings is 1. The van der Waals surface area contributed by atoms with Crippen LogP contribution in [0, 0.1) is 0 Å². The van der Waals surface area contributed by atoms with Crippen LogP contribution in [0.2, 0.25) is 0 Å². The van der Waals surface area contributed by atoms with Crippen molar-refractivity contribution in [1.29, 1.82) is 0 Å². The first-order valence-corrected chi connectivity index (χ1v) is 11.1. The minimum Gasteiger partial charge on any atom is -0.400 e.